The van der Waals surface area contributed by atoms with Crippen molar-refractivity contribution in [3.05, 3.63) is 34.3 Å². The van der Waals surface area contributed by atoms with E-state index in [-0.39, 0.29) is 11.1 Å². The van der Waals surface area contributed by atoms with Gasteiger partial charge < -0.3 is 5.73 Å². The zero-order valence-corrected chi connectivity index (χ0v) is 9.85. The Balaban J connectivity index is 2.24. The van der Waals surface area contributed by atoms with Gasteiger partial charge in [-0.1, -0.05) is 24.1 Å². The van der Waals surface area contributed by atoms with Crippen molar-refractivity contribution >= 4 is 11.6 Å². The molecular formula is C12H13ClF3N. The summed E-state index contributed by atoms with van der Waals surface area (Å²) < 4.78 is 37.5. The molecule has 0 aromatic heterocycles. The number of hydrogen-bond donors (Lipinski definition) is 1. The van der Waals surface area contributed by atoms with Gasteiger partial charge >= 0.3 is 6.18 Å². The van der Waals surface area contributed by atoms with Crippen LogP contribution < -0.4 is 5.73 Å². The minimum atomic E-state index is -4.41. The fourth-order valence-corrected chi connectivity index (χ4v) is 2.34. The number of nitrogens with two attached hydrogens (primary N) is 1. The van der Waals surface area contributed by atoms with Crippen molar-refractivity contribution in [1.29, 1.82) is 0 Å². The van der Waals surface area contributed by atoms with Crippen molar-refractivity contribution < 1.29 is 13.2 Å². The molecule has 0 aliphatic heterocycles. The molecule has 0 saturated heterocycles. The minimum Gasteiger partial charge on any atom is -0.324 e. The van der Waals surface area contributed by atoms with Crippen LogP contribution in [0.5, 0.6) is 0 Å². The average molecular weight is 264 g/mol. The molecular weight excluding hydrogens is 251 g/mol. The molecule has 5 heteroatoms. The molecule has 0 spiro atoms. The molecule has 0 amide bonds. The van der Waals surface area contributed by atoms with Crippen LogP contribution in [0.2, 0.25) is 5.02 Å². The zero-order valence-electron chi connectivity index (χ0n) is 9.10. The molecule has 1 atom stereocenters. The SMILES string of the molecule is N[C@H](c1ccc(C(F)(F)F)c(Cl)c1)C1CCC1. The molecule has 2 rings (SSSR count). The second-order valence-corrected chi connectivity index (χ2v) is 4.86. The molecule has 1 fully saturated rings. The molecule has 17 heavy (non-hydrogen) atoms. The van der Waals surface area contributed by atoms with Crippen LogP contribution in [0.4, 0.5) is 13.2 Å². The summed E-state index contributed by atoms with van der Waals surface area (Å²) in [5.41, 5.74) is 5.87. The van der Waals surface area contributed by atoms with Gasteiger partial charge in [0.25, 0.3) is 0 Å². The maximum Gasteiger partial charge on any atom is 0.417 e. The van der Waals surface area contributed by atoms with Crippen LogP contribution in [0.15, 0.2) is 18.2 Å². The Morgan fingerprint density at radius 3 is 2.35 bits per heavy atom. The molecule has 1 saturated carbocycles. The van der Waals surface area contributed by atoms with Crippen molar-refractivity contribution in [1.82, 2.24) is 0 Å². The predicted octanol–water partition coefficient (Wildman–Crippen LogP) is 4.16. The van der Waals surface area contributed by atoms with Crippen molar-refractivity contribution in [3.8, 4) is 0 Å². The van der Waals surface area contributed by atoms with Crippen LogP contribution in [0.3, 0.4) is 0 Å². The summed E-state index contributed by atoms with van der Waals surface area (Å²) in [5, 5.41) is -0.273. The van der Waals surface area contributed by atoms with Gasteiger partial charge in [0.05, 0.1) is 10.6 Å². The topological polar surface area (TPSA) is 26.0 Å². The van der Waals surface area contributed by atoms with E-state index in [9.17, 15) is 13.2 Å². The van der Waals surface area contributed by atoms with Gasteiger partial charge in [0.1, 0.15) is 0 Å². The molecule has 1 aliphatic carbocycles. The van der Waals surface area contributed by atoms with Crippen LogP contribution >= 0.6 is 11.6 Å². The summed E-state index contributed by atoms with van der Waals surface area (Å²) in [7, 11) is 0. The normalized spacial score (nSPS) is 18.9. The van der Waals surface area contributed by atoms with E-state index in [2.05, 4.69) is 0 Å². The van der Waals surface area contributed by atoms with E-state index in [0.29, 0.717) is 11.5 Å². The maximum atomic E-state index is 12.5. The Morgan fingerprint density at radius 1 is 1.29 bits per heavy atom. The molecule has 1 aliphatic rings. The fourth-order valence-electron chi connectivity index (χ4n) is 2.04. The first-order chi connectivity index (χ1) is 7.89. The lowest BCUT2D eigenvalue weighted by Crippen LogP contribution is -2.26. The summed E-state index contributed by atoms with van der Waals surface area (Å²) in [6.45, 7) is 0. The van der Waals surface area contributed by atoms with Crippen LogP contribution in [-0.2, 0) is 6.18 Å². The van der Waals surface area contributed by atoms with Gasteiger partial charge in [-0.2, -0.15) is 13.2 Å². The summed E-state index contributed by atoms with van der Waals surface area (Å²) in [5.74, 6) is 0.378. The monoisotopic (exact) mass is 263 g/mol. The van der Waals surface area contributed by atoms with Gasteiger partial charge in [0.15, 0.2) is 0 Å². The Morgan fingerprint density at radius 2 is 1.94 bits per heavy atom. The molecule has 0 unspecified atom stereocenters. The van der Waals surface area contributed by atoms with Gasteiger partial charge in [-0.25, -0.2) is 0 Å². The first kappa shape index (κ1) is 12.7. The second-order valence-electron chi connectivity index (χ2n) is 4.45. The highest BCUT2D eigenvalue weighted by Gasteiger charge is 2.34. The van der Waals surface area contributed by atoms with Gasteiger partial charge in [-0.3, -0.25) is 0 Å². The van der Waals surface area contributed by atoms with Crippen LogP contribution in [0.25, 0.3) is 0 Å². The lowest BCUT2D eigenvalue weighted by atomic mass is 9.77. The Labute approximate surface area is 103 Å². The largest absolute Gasteiger partial charge is 0.417 e. The van der Waals surface area contributed by atoms with Gasteiger partial charge in [-0.15, -0.1) is 0 Å². The quantitative estimate of drug-likeness (QED) is 0.852. The first-order valence-electron chi connectivity index (χ1n) is 5.52. The van der Waals surface area contributed by atoms with E-state index < -0.39 is 11.7 Å². The second kappa shape index (κ2) is 4.50. The lowest BCUT2D eigenvalue weighted by molar-refractivity contribution is -0.137. The summed E-state index contributed by atoms with van der Waals surface area (Å²) in [6, 6.07) is 3.57. The Hall–Kier alpha value is -0.740. The lowest BCUT2D eigenvalue weighted by Gasteiger charge is -2.31. The molecule has 0 heterocycles. The van der Waals surface area contributed by atoms with E-state index in [4.69, 9.17) is 17.3 Å². The molecule has 1 aromatic carbocycles. The number of benzene rings is 1. The first-order valence-corrected chi connectivity index (χ1v) is 5.89. The highest BCUT2D eigenvalue weighted by molar-refractivity contribution is 6.31. The standard InChI is InChI=1S/C12H13ClF3N/c13-10-6-8(11(17)7-2-1-3-7)4-5-9(10)12(14,15)16/h4-7,11H,1-3,17H2/t11-/m0/s1. The van der Waals surface area contributed by atoms with Crippen LogP contribution in [-0.4, -0.2) is 0 Å². The summed E-state index contributed by atoms with van der Waals surface area (Å²) in [4.78, 5) is 0. The third-order valence-electron chi connectivity index (χ3n) is 3.34. The third kappa shape index (κ3) is 2.58. The number of rotatable bonds is 2. The average Bonchev–Trinajstić information content (AvgIpc) is 2.12. The van der Waals surface area contributed by atoms with E-state index in [0.717, 1.165) is 25.3 Å². The minimum absolute atomic E-state index is 0.205. The molecule has 94 valence electrons. The van der Waals surface area contributed by atoms with E-state index in [1.54, 1.807) is 0 Å². The number of alkyl halides is 3. The number of hydrogen-bond acceptors (Lipinski definition) is 1. The maximum absolute atomic E-state index is 12.5. The Kier molecular flexibility index (Phi) is 3.36. The van der Waals surface area contributed by atoms with Gasteiger partial charge in [0, 0.05) is 6.04 Å². The molecule has 2 N–H and O–H groups in total. The van der Waals surface area contributed by atoms with Gasteiger partial charge in [0.2, 0.25) is 0 Å². The van der Waals surface area contributed by atoms with Gasteiger partial charge in [-0.05, 0) is 36.5 Å². The van der Waals surface area contributed by atoms with E-state index in [1.807, 2.05) is 0 Å². The van der Waals surface area contributed by atoms with Crippen LogP contribution in [0, 0.1) is 5.92 Å². The fraction of sp³-hybridized carbons (Fsp3) is 0.500. The summed E-state index contributed by atoms with van der Waals surface area (Å²) in [6.07, 6.45) is -1.18. The smallest absolute Gasteiger partial charge is 0.324 e. The summed E-state index contributed by atoms with van der Waals surface area (Å²) >= 11 is 5.65. The highest BCUT2D eigenvalue weighted by atomic mass is 35.5. The zero-order chi connectivity index (χ0) is 12.6. The van der Waals surface area contributed by atoms with Crippen molar-refractivity contribution in [3.63, 3.8) is 0 Å². The van der Waals surface area contributed by atoms with E-state index >= 15 is 0 Å². The molecule has 0 radical (unpaired) electrons. The third-order valence-corrected chi connectivity index (χ3v) is 3.65. The Bertz CT molecular complexity index is 413. The van der Waals surface area contributed by atoms with E-state index in [1.165, 1.54) is 12.1 Å². The highest BCUT2D eigenvalue weighted by Crippen LogP contribution is 2.39. The van der Waals surface area contributed by atoms with Crippen molar-refractivity contribution in [2.45, 2.75) is 31.5 Å². The van der Waals surface area contributed by atoms with Crippen molar-refractivity contribution in [2.75, 3.05) is 0 Å². The predicted molar refractivity (Wildman–Crippen MR) is 60.7 cm³/mol. The molecule has 0 bridgehead atoms. The molecule has 1 aromatic rings. The van der Waals surface area contributed by atoms with Crippen molar-refractivity contribution in [2.24, 2.45) is 11.7 Å². The van der Waals surface area contributed by atoms with Crippen LogP contribution in [0.1, 0.15) is 36.4 Å². The molecule has 1 nitrogen and oxygen atoms in total. The number of halogens is 4.